The van der Waals surface area contributed by atoms with Gasteiger partial charge >= 0.3 is 0 Å². The van der Waals surface area contributed by atoms with E-state index in [2.05, 4.69) is 10.6 Å². The highest BCUT2D eigenvalue weighted by molar-refractivity contribution is 5.97. The maximum Gasteiger partial charge on any atom is 0.246 e. The average molecular weight is 288 g/mol. The molecule has 0 saturated carbocycles. The van der Waals surface area contributed by atoms with E-state index in [4.69, 9.17) is 0 Å². The molecule has 1 unspecified atom stereocenters. The summed E-state index contributed by atoms with van der Waals surface area (Å²) in [5.41, 5.74) is 1.81. The molecule has 0 fully saturated rings. The second-order valence-electron chi connectivity index (χ2n) is 5.01. The lowest BCUT2D eigenvalue weighted by Crippen LogP contribution is -2.33. The Bertz CT molecular complexity index is 688. The molecule has 2 aromatic carbocycles. The van der Waals surface area contributed by atoms with Crippen molar-refractivity contribution < 1.29 is 13.6 Å². The molecule has 1 heterocycles. The van der Waals surface area contributed by atoms with Crippen LogP contribution in [0.15, 0.2) is 42.5 Å². The summed E-state index contributed by atoms with van der Waals surface area (Å²) < 4.78 is 26.8. The van der Waals surface area contributed by atoms with Gasteiger partial charge in [-0.15, -0.1) is 0 Å². The molecule has 2 aromatic rings. The number of carbonyl (C=O) groups is 1. The molecule has 1 aliphatic rings. The number of hydrogen-bond acceptors (Lipinski definition) is 2. The summed E-state index contributed by atoms with van der Waals surface area (Å²) in [6, 6.07) is 10.1. The zero-order chi connectivity index (χ0) is 14.8. The van der Waals surface area contributed by atoms with Crippen molar-refractivity contribution >= 4 is 17.3 Å². The molecule has 3 nitrogen and oxygen atoms in total. The van der Waals surface area contributed by atoms with Crippen LogP contribution in [0.2, 0.25) is 0 Å². The lowest BCUT2D eigenvalue weighted by atomic mass is 10.1. The quantitative estimate of drug-likeness (QED) is 0.890. The number of aryl methyl sites for hydroxylation is 1. The Kier molecular flexibility index (Phi) is 3.56. The Morgan fingerprint density at radius 1 is 1.14 bits per heavy atom. The predicted molar refractivity (Wildman–Crippen MR) is 77.2 cm³/mol. The van der Waals surface area contributed by atoms with Gasteiger partial charge in [0.2, 0.25) is 5.91 Å². The van der Waals surface area contributed by atoms with Crippen molar-refractivity contribution in [3.05, 3.63) is 59.7 Å². The Morgan fingerprint density at radius 2 is 1.95 bits per heavy atom. The monoisotopic (exact) mass is 288 g/mol. The van der Waals surface area contributed by atoms with E-state index in [0.717, 1.165) is 29.4 Å². The molecule has 108 valence electrons. The standard InChI is InChI=1S/C16H14F2N2O/c17-11-6-7-12(18)15(9-11)19-14-8-5-10-3-1-2-4-13(10)20-16(14)21/h1-4,6-7,9,14,19H,5,8H2,(H,20,21). The summed E-state index contributed by atoms with van der Waals surface area (Å²) in [7, 11) is 0. The number of amides is 1. The summed E-state index contributed by atoms with van der Waals surface area (Å²) in [4.78, 5) is 12.2. The second kappa shape index (κ2) is 5.52. The lowest BCUT2D eigenvalue weighted by molar-refractivity contribution is -0.116. The van der Waals surface area contributed by atoms with E-state index in [0.29, 0.717) is 12.8 Å². The minimum atomic E-state index is -0.603. The molecule has 0 aromatic heterocycles. The first-order valence-electron chi connectivity index (χ1n) is 6.74. The summed E-state index contributed by atoms with van der Waals surface area (Å²) in [5, 5.41) is 5.60. The maximum atomic E-state index is 13.7. The largest absolute Gasteiger partial charge is 0.371 e. The molecule has 0 saturated heterocycles. The van der Waals surface area contributed by atoms with Crippen molar-refractivity contribution in [3.8, 4) is 0 Å². The Labute approximate surface area is 121 Å². The van der Waals surface area contributed by atoms with Gasteiger partial charge < -0.3 is 10.6 Å². The topological polar surface area (TPSA) is 41.1 Å². The van der Waals surface area contributed by atoms with E-state index in [1.165, 1.54) is 0 Å². The molecule has 0 radical (unpaired) electrons. The minimum absolute atomic E-state index is 0.00102. The van der Waals surface area contributed by atoms with Crippen LogP contribution >= 0.6 is 0 Å². The maximum absolute atomic E-state index is 13.7. The van der Waals surface area contributed by atoms with Crippen LogP contribution in [-0.2, 0) is 11.2 Å². The number of para-hydroxylation sites is 1. The number of halogens is 2. The fourth-order valence-corrected chi connectivity index (χ4v) is 2.44. The number of anilines is 2. The molecule has 0 aliphatic carbocycles. The van der Waals surface area contributed by atoms with Crippen molar-refractivity contribution in [1.82, 2.24) is 0 Å². The normalized spacial score (nSPS) is 17.6. The summed E-state index contributed by atoms with van der Waals surface area (Å²) >= 11 is 0. The van der Waals surface area contributed by atoms with Gasteiger partial charge in [-0.05, 0) is 42.7 Å². The van der Waals surface area contributed by atoms with E-state index in [1.54, 1.807) is 0 Å². The smallest absolute Gasteiger partial charge is 0.246 e. The zero-order valence-corrected chi connectivity index (χ0v) is 11.2. The second-order valence-corrected chi connectivity index (χ2v) is 5.01. The van der Waals surface area contributed by atoms with Crippen LogP contribution < -0.4 is 10.6 Å². The Morgan fingerprint density at radius 3 is 2.81 bits per heavy atom. The average Bonchev–Trinajstić information content (AvgIpc) is 2.62. The van der Waals surface area contributed by atoms with Crippen LogP contribution in [-0.4, -0.2) is 11.9 Å². The van der Waals surface area contributed by atoms with Gasteiger partial charge in [-0.1, -0.05) is 18.2 Å². The van der Waals surface area contributed by atoms with Gasteiger partial charge in [0.1, 0.15) is 17.7 Å². The summed E-state index contributed by atoms with van der Waals surface area (Å²) in [6.45, 7) is 0. The van der Waals surface area contributed by atoms with Gasteiger partial charge in [0.25, 0.3) is 0 Å². The van der Waals surface area contributed by atoms with Crippen molar-refractivity contribution in [3.63, 3.8) is 0 Å². The third-order valence-corrected chi connectivity index (χ3v) is 3.55. The van der Waals surface area contributed by atoms with Crippen LogP contribution in [0.25, 0.3) is 0 Å². The molecule has 1 amide bonds. The Balaban J connectivity index is 1.81. The van der Waals surface area contributed by atoms with E-state index in [-0.39, 0.29) is 11.6 Å². The molecule has 0 spiro atoms. The SMILES string of the molecule is O=C1Nc2ccccc2CCC1Nc1cc(F)ccc1F. The highest BCUT2D eigenvalue weighted by Gasteiger charge is 2.24. The van der Waals surface area contributed by atoms with Crippen LogP contribution in [0.5, 0.6) is 0 Å². The molecule has 5 heteroatoms. The van der Waals surface area contributed by atoms with Crippen LogP contribution in [0.4, 0.5) is 20.2 Å². The predicted octanol–water partition coefficient (Wildman–Crippen LogP) is 3.33. The molecular weight excluding hydrogens is 274 g/mol. The fourth-order valence-electron chi connectivity index (χ4n) is 2.44. The number of hydrogen-bond donors (Lipinski definition) is 2. The van der Waals surface area contributed by atoms with E-state index in [1.807, 2.05) is 24.3 Å². The minimum Gasteiger partial charge on any atom is -0.371 e. The van der Waals surface area contributed by atoms with Gasteiger partial charge in [-0.25, -0.2) is 8.78 Å². The van der Waals surface area contributed by atoms with Gasteiger partial charge in [0.15, 0.2) is 0 Å². The fraction of sp³-hybridized carbons (Fsp3) is 0.188. The van der Waals surface area contributed by atoms with Crippen LogP contribution in [0.1, 0.15) is 12.0 Å². The first-order valence-corrected chi connectivity index (χ1v) is 6.74. The highest BCUT2D eigenvalue weighted by Crippen LogP contribution is 2.24. The molecule has 2 N–H and O–H groups in total. The summed E-state index contributed by atoms with van der Waals surface area (Å²) in [6.07, 6.45) is 1.20. The van der Waals surface area contributed by atoms with E-state index >= 15 is 0 Å². The van der Waals surface area contributed by atoms with Crippen LogP contribution in [0.3, 0.4) is 0 Å². The van der Waals surface area contributed by atoms with Gasteiger partial charge in [-0.3, -0.25) is 4.79 Å². The molecular formula is C16H14F2N2O. The lowest BCUT2D eigenvalue weighted by Gasteiger charge is -2.17. The van der Waals surface area contributed by atoms with Crippen molar-refractivity contribution in [2.24, 2.45) is 0 Å². The van der Waals surface area contributed by atoms with E-state index in [9.17, 15) is 13.6 Å². The number of fused-ring (bicyclic) bond motifs is 1. The first-order chi connectivity index (χ1) is 10.1. The molecule has 3 rings (SSSR count). The van der Waals surface area contributed by atoms with Crippen LogP contribution in [0, 0.1) is 11.6 Å². The number of rotatable bonds is 2. The first kappa shape index (κ1) is 13.5. The highest BCUT2D eigenvalue weighted by atomic mass is 19.1. The molecule has 1 atom stereocenters. The number of benzene rings is 2. The zero-order valence-electron chi connectivity index (χ0n) is 11.2. The van der Waals surface area contributed by atoms with E-state index < -0.39 is 17.7 Å². The summed E-state index contributed by atoms with van der Waals surface area (Å²) in [5.74, 6) is -1.37. The van der Waals surface area contributed by atoms with Crippen molar-refractivity contribution in [2.75, 3.05) is 10.6 Å². The number of nitrogens with one attached hydrogen (secondary N) is 2. The Hall–Kier alpha value is -2.43. The molecule has 0 bridgehead atoms. The third-order valence-electron chi connectivity index (χ3n) is 3.55. The van der Waals surface area contributed by atoms with Gasteiger partial charge in [0, 0.05) is 5.69 Å². The molecule has 1 aliphatic heterocycles. The van der Waals surface area contributed by atoms with Crippen molar-refractivity contribution in [1.29, 1.82) is 0 Å². The van der Waals surface area contributed by atoms with Gasteiger partial charge in [-0.2, -0.15) is 0 Å². The third kappa shape index (κ3) is 2.86. The molecule has 21 heavy (non-hydrogen) atoms. The van der Waals surface area contributed by atoms with Crippen molar-refractivity contribution in [2.45, 2.75) is 18.9 Å². The number of carbonyl (C=O) groups excluding carboxylic acids is 1. The van der Waals surface area contributed by atoms with Gasteiger partial charge in [0.05, 0.1) is 5.69 Å².